The van der Waals surface area contributed by atoms with Gasteiger partial charge in [-0.25, -0.2) is 13.4 Å². The third-order valence-corrected chi connectivity index (χ3v) is 4.68. The maximum Gasteiger partial charge on any atom is 0.226 e. The molecule has 0 spiro atoms. The maximum absolute atomic E-state index is 11.6. The minimum Gasteiger partial charge on any atom is -0.378 e. The Hall–Kier alpha value is -0.970. The summed E-state index contributed by atoms with van der Waals surface area (Å²) in [5, 5.41) is 0.0520. The van der Waals surface area contributed by atoms with Crippen LogP contribution in [-0.2, 0) is 20.5 Å². The molecule has 120 valence electrons. The van der Waals surface area contributed by atoms with Crippen LogP contribution in [0.25, 0.3) is 11.2 Å². The van der Waals surface area contributed by atoms with E-state index in [-0.39, 0.29) is 11.2 Å². The van der Waals surface area contributed by atoms with Gasteiger partial charge in [-0.05, 0) is 27.5 Å². The number of hydrogen-bond acceptors (Lipinski definition) is 7. The molecule has 0 aromatic carbocycles. The number of sulfone groups is 1. The van der Waals surface area contributed by atoms with Crippen molar-refractivity contribution in [3.05, 3.63) is 10.0 Å². The largest absolute Gasteiger partial charge is 0.378 e. The van der Waals surface area contributed by atoms with Gasteiger partial charge in [-0.15, -0.1) is 0 Å². The molecule has 0 radical (unpaired) electrons. The molecule has 3 rings (SSSR count). The number of nitrogens with zero attached hydrogens (tertiary/aromatic N) is 5. The Balaban J connectivity index is 2.16. The van der Waals surface area contributed by atoms with Gasteiger partial charge in [0.05, 0.1) is 13.2 Å². The summed E-state index contributed by atoms with van der Waals surface area (Å²) in [5.41, 5.74) is 0.903. The Kier molecular flexibility index (Phi) is 4.27. The highest BCUT2D eigenvalue weighted by Crippen LogP contribution is 2.28. The van der Waals surface area contributed by atoms with Crippen molar-refractivity contribution in [2.75, 3.05) is 37.5 Å². The number of hydrogen-bond donors (Lipinski definition) is 0. The van der Waals surface area contributed by atoms with Gasteiger partial charge in [-0.3, -0.25) is 4.57 Å². The van der Waals surface area contributed by atoms with E-state index in [1.54, 1.807) is 0 Å². The molecule has 0 aliphatic carbocycles. The Bertz CT molecular complexity index is 819. The van der Waals surface area contributed by atoms with Gasteiger partial charge in [0.2, 0.25) is 5.28 Å². The van der Waals surface area contributed by atoms with E-state index in [2.05, 4.69) is 30.9 Å². The summed E-state index contributed by atoms with van der Waals surface area (Å²) < 4.78 is 30.3. The summed E-state index contributed by atoms with van der Waals surface area (Å²) >= 11 is 9.29. The van der Waals surface area contributed by atoms with E-state index in [0.29, 0.717) is 48.0 Å². The minimum absolute atomic E-state index is 0.0520. The van der Waals surface area contributed by atoms with Crippen molar-refractivity contribution in [1.82, 2.24) is 19.5 Å². The minimum atomic E-state index is -3.26. The topological polar surface area (TPSA) is 90.2 Å². The normalized spacial score (nSPS) is 16.4. The standard InChI is InChI=1S/C11H13BrClN5O3S/c1-22(19,20)6-18-9-7(14-10(18)12)8(15-11(13)16-9)17-2-4-21-5-3-17/h2-6H2,1H3. The molecule has 1 saturated heterocycles. The summed E-state index contributed by atoms with van der Waals surface area (Å²) in [6.45, 7) is 2.51. The van der Waals surface area contributed by atoms with Crippen LogP contribution in [0.4, 0.5) is 5.82 Å². The fraction of sp³-hybridized carbons (Fsp3) is 0.545. The highest BCUT2D eigenvalue weighted by atomic mass is 79.9. The zero-order valence-corrected chi connectivity index (χ0v) is 14.8. The molecule has 1 fully saturated rings. The molecule has 3 heterocycles. The molecular formula is C11H13BrClN5O3S. The van der Waals surface area contributed by atoms with Gasteiger partial charge < -0.3 is 9.64 Å². The van der Waals surface area contributed by atoms with E-state index in [4.69, 9.17) is 16.3 Å². The Morgan fingerprint density at radius 2 is 1.95 bits per heavy atom. The number of fused-ring (bicyclic) bond motifs is 1. The molecule has 1 aliphatic rings. The number of rotatable bonds is 3. The fourth-order valence-corrected chi connectivity index (χ4v) is 3.79. The molecule has 11 heteroatoms. The quantitative estimate of drug-likeness (QED) is 0.552. The van der Waals surface area contributed by atoms with Gasteiger partial charge in [0, 0.05) is 19.3 Å². The number of halogens is 2. The molecule has 8 nitrogen and oxygen atoms in total. The number of imidazole rings is 1. The van der Waals surface area contributed by atoms with E-state index in [1.807, 2.05) is 4.90 Å². The van der Waals surface area contributed by atoms with Crippen LogP contribution in [0.5, 0.6) is 0 Å². The molecule has 0 atom stereocenters. The highest BCUT2D eigenvalue weighted by Gasteiger charge is 2.23. The lowest BCUT2D eigenvalue weighted by atomic mass is 10.4. The molecular weight excluding hydrogens is 398 g/mol. The van der Waals surface area contributed by atoms with E-state index >= 15 is 0 Å². The number of ether oxygens (including phenoxy) is 1. The summed E-state index contributed by atoms with van der Waals surface area (Å²) in [6.07, 6.45) is 1.15. The van der Waals surface area contributed by atoms with Gasteiger partial charge in [0.1, 0.15) is 5.88 Å². The second-order valence-corrected chi connectivity index (χ2v) is 8.11. The first kappa shape index (κ1) is 15.9. The number of morpholine rings is 1. The highest BCUT2D eigenvalue weighted by molar-refractivity contribution is 9.10. The lowest BCUT2D eigenvalue weighted by Crippen LogP contribution is -2.37. The Labute approximate surface area is 140 Å². The van der Waals surface area contributed by atoms with Crippen molar-refractivity contribution < 1.29 is 13.2 Å². The van der Waals surface area contributed by atoms with Crippen LogP contribution >= 0.6 is 27.5 Å². The summed E-state index contributed by atoms with van der Waals surface area (Å²) in [6, 6.07) is 0. The average Bonchev–Trinajstić information content (AvgIpc) is 2.74. The van der Waals surface area contributed by atoms with Crippen LogP contribution in [0, 0.1) is 0 Å². The van der Waals surface area contributed by atoms with Gasteiger partial charge in [0.15, 0.2) is 31.6 Å². The van der Waals surface area contributed by atoms with E-state index in [1.165, 1.54) is 4.57 Å². The molecule has 0 bridgehead atoms. The molecule has 22 heavy (non-hydrogen) atoms. The van der Waals surface area contributed by atoms with Gasteiger partial charge >= 0.3 is 0 Å². The van der Waals surface area contributed by atoms with Crippen LogP contribution < -0.4 is 4.90 Å². The lowest BCUT2D eigenvalue weighted by Gasteiger charge is -2.27. The Morgan fingerprint density at radius 1 is 1.27 bits per heavy atom. The molecule has 1 aliphatic heterocycles. The van der Waals surface area contributed by atoms with Gasteiger partial charge in [0.25, 0.3) is 0 Å². The van der Waals surface area contributed by atoms with Crippen LogP contribution in [-0.4, -0.2) is 60.5 Å². The van der Waals surface area contributed by atoms with E-state index in [0.717, 1.165) is 6.26 Å². The van der Waals surface area contributed by atoms with Crippen molar-refractivity contribution in [3.8, 4) is 0 Å². The SMILES string of the molecule is CS(=O)(=O)Cn1c(Br)nc2c(N3CCOCC3)nc(Cl)nc21. The average molecular weight is 411 g/mol. The van der Waals surface area contributed by atoms with Crippen LogP contribution in [0.3, 0.4) is 0 Å². The van der Waals surface area contributed by atoms with Crippen molar-refractivity contribution in [2.24, 2.45) is 0 Å². The molecule has 0 amide bonds. The molecule has 0 saturated carbocycles. The summed E-state index contributed by atoms with van der Waals surface area (Å²) in [7, 11) is -3.26. The smallest absolute Gasteiger partial charge is 0.226 e. The zero-order chi connectivity index (χ0) is 15.9. The first-order valence-electron chi connectivity index (χ1n) is 6.45. The number of aromatic nitrogens is 4. The van der Waals surface area contributed by atoms with Crippen LogP contribution in [0.15, 0.2) is 4.73 Å². The van der Waals surface area contributed by atoms with Gasteiger partial charge in [-0.1, -0.05) is 0 Å². The summed E-state index contributed by atoms with van der Waals surface area (Å²) in [4.78, 5) is 14.8. The van der Waals surface area contributed by atoms with Crippen molar-refractivity contribution in [2.45, 2.75) is 5.88 Å². The lowest BCUT2D eigenvalue weighted by molar-refractivity contribution is 0.122. The fourth-order valence-electron chi connectivity index (χ4n) is 2.28. The predicted octanol–water partition coefficient (Wildman–Crippen LogP) is 1.08. The molecule has 0 unspecified atom stereocenters. The third kappa shape index (κ3) is 3.19. The number of anilines is 1. The van der Waals surface area contributed by atoms with E-state index < -0.39 is 9.84 Å². The van der Waals surface area contributed by atoms with Crippen LogP contribution in [0.1, 0.15) is 0 Å². The van der Waals surface area contributed by atoms with Crippen LogP contribution in [0.2, 0.25) is 5.28 Å². The summed E-state index contributed by atoms with van der Waals surface area (Å²) in [5.74, 6) is 0.353. The first-order chi connectivity index (χ1) is 10.3. The predicted molar refractivity (Wildman–Crippen MR) is 85.9 cm³/mol. The monoisotopic (exact) mass is 409 g/mol. The zero-order valence-electron chi connectivity index (χ0n) is 11.7. The second kappa shape index (κ2) is 5.91. The molecule has 0 N–H and O–H groups in total. The molecule has 2 aromatic heterocycles. The Morgan fingerprint density at radius 3 is 2.59 bits per heavy atom. The van der Waals surface area contributed by atoms with Crippen molar-refractivity contribution in [3.63, 3.8) is 0 Å². The third-order valence-electron chi connectivity index (χ3n) is 3.18. The second-order valence-electron chi connectivity index (χ2n) is 4.95. The molecule has 2 aromatic rings. The van der Waals surface area contributed by atoms with Crippen molar-refractivity contribution >= 4 is 54.3 Å². The van der Waals surface area contributed by atoms with Crippen molar-refractivity contribution in [1.29, 1.82) is 0 Å². The van der Waals surface area contributed by atoms with Gasteiger partial charge in [-0.2, -0.15) is 9.97 Å². The first-order valence-corrected chi connectivity index (χ1v) is 9.68. The van der Waals surface area contributed by atoms with E-state index in [9.17, 15) is 8.42 Å². The maximum atomic E-state index is 11.6.